The minimum absolute atomic E-state index is 0.128. The number of carbonyl (C=O) groups is 4. The normalized spacial score (nSPS) is 14.6. The van der Waals surface area contributed by atoms with Gasteiger partial charge in [-0.25, -0.2) is 0 Å². The molecule has 2 heterocycles. The average Bonchev–Trinajstić information content (AvgIpc) is 3.06. The van der Waals surface area contributed by atoms with Gasteiger partial charge >= 0.3 is 0 Å². The number of hydrogen-bond donors (Lipinski definition) is 3. The molecule has 0 radical (unpaired) electrons. The molecule has 1 aliphatic heterocycles. The highest BCUT2D eigenvalue weighted by Crippen LogP contribution is 2.24. The summed E-state index contributed by atoms with van der Waals surface area (Å²) in [5.41, 5.74) is 1.69. The summed E-state index contributed by atoms with van der Waals surface area (Å²) in [6.45, 7) is 4.54. The Morgan fingerprint density at radius 1 is 1.03 bits per heavy atom. The summed E-state index contributed by atoms with van der Waals surface area (Å²) in [6.07, 6.45) is 3.75. The Balaban J connectivity index is 1.46. The van der Waals surface area contributed by atoms with Crippen molar-refractivity contribution < 1.29 is 19.2 Å². The van der Waals surface area contributed by atoms with E-state index >= 15 is 0 Å². The zero-order valence-corrected chi connectivity index (χ0v) is 21.0. The van der Waals surface area contributed by atoms with Crippen molar-refractivity contribution in [1.82, 2.24) is 20.5 Å². The number of aromatic nitrogens is 1. The fraction of sp³-hybridized carbons (Fsp3) is 0.423. The molecule has 0 fully saturated rings. The number of hydrogen-bond acceptors (Lipinski definition) is 6. The third-order valence-electron chi connectivity index (χ3n) is 5.73. The summed E-state index contributed by atoms with van der Waals surface area (Å²) in [5.74, 6) is -1.14. The van der Waals surface area contributed by atoms with Gasteiger partial charge < -0.3 is 10.6 Å². The first kappa shape index (κ1) is 26.4. The standard InChI is InChI=1S/C26H32N4O4S/c1-18(2)17-26(35,25(34)28-15-13-19-9-5-7-14-27-19)29-22(31)12-6-8-16-30-23(32)20-10-3-4-11-21(20)24(30)33/h3-5,7,9-11,14,18,35H,6,8,12-13,15-17H2,1-2H3,(H,28,34)(H,29,31)/t26-/m1/s1. The number of fused-ring (bicyclic) bond motifs is 1. The van der Waals surface area contributed by atoms with Crippen LogP contribution in [0.3, 0.4) is 0 Å². The molecule has 0 aliphatic carbocycles. The molecule has 1 aliphatic rings. The van der Waals surface area contributed by atoms with Crippen LogP contribution in [0, 0.1) is 5.92 Å². The van der Waals surface area contributed by atoms with Crippen molar-refractivity contribution >= 4 is 36.3 Å². The average molecular weight is 497 g/mol. The van der Waals surface area contributed by atoms with Gasteiger partial charge in [-0.1, -0.05) is 32.0 Å². The first-order valence-corrected chi connectivity index (χ1v) is 12.3. The highest BCUT2D eigenvalue weighted by molar-refractivity contribution is 7.82. The van der Waals surface area contributed by atoms with Gasteiger partial charge in [-0.05, 0) is 49.4 Å². The molecule has 0 spiro atoms. The summed E-state index contributed by atoms with van der Waals surface area (Å²) in [5, 5.41) is 5.64. The molecule has 186 valence electrons. The Labute approximate surface area is 211 Å². The SMILES string of the molecule is CC(C)C[C@](S)(NC(=O)CCCCN1C(=O)c2ccccc2C1=O)C(=O)NCCc1ccccn1. The maximum absolute atomic E-state index is 12.9. The lowest BCUT2D eigenvalue weighted by atomic mass is 10.0. The topological polar surface area (TPSA) is 108 Å². The van der Waals surface area contributed by atoms with E-state index in [4.69, 9.17) is 0 Å². The van der Waals surface area contributed by atoms with Crippen molar-refractivity contribution in [3.05, 3.63) is 65.5 Å². The molecule has 0 saturated heterocycles. The lowest BCUT2D eigenvalue weighted by Crippen LogP contribution is -2.56. The number of amides is 4. The summed E-state index contributed by atoms with van der Waals surface area (Å²) in [7, 11) is 0. The second-order valence-electron chi connectivity index (χ2n) is 9.10. The maximum atomic E-state index is 12.9. The molecule has 8 nitrogen and oxygen atoms in total. The van der Waals surface area contributed by atoms with Crippen LogP contribution in [0.4, 0.5) is 0 Å². The van der Waals surface area contributed by atoms with Crippen molar-refractivity contribution in [3.63, 3.8) is 0 Å². The molecule has 0 unspecified atom stereocenters. The van der Waals surface area contributed by atoms with E-state index in [-0.39, 0.29) is 42.5 Å². The summed E-state index contributed by atoms with van der Waals surface area (Å²) < 4.78 is 0. The van der Waals surface area contributed by atoms with Gasteiger partial charge in [-0.3, -0.25) is 29.1 Å². The second kappa shape index (κ2) is 12.0. The van der Waals surface area contributed by atoms with Gasteiger partial charge in [-0.2, -0.15) is 0 Å². The van der Waals surface area contributed by atoms with E-state index in [1.165, 1.54) is 4.90 Å². The molecule has 1 aromatic carbocycles. The van der Waals surface area contributed by atoms with Crippen LogP contribution in [0.25, 0.3) is 0 Å². The Morgan fingerprint density at radius 2 is 1.69 bits per heavy atom. The van der Waals surface area contributed by atoms with Crippen molar-refractivity contribution in [2.24, 2.45) is 5.92 Å². The van der Waals surface area contributed by atoms with Crippen molar-refractivity contribution in [2.75, 3.05) is 13.1 Å². The molecule has 2 N–H and O–H groups in total. The molecule has 35 heavy (non-hydrogen) atoms. The number of nitrogens with zero attached hydrogens (tertiary/aromatic N) is 2. The van der Waals surface area contributed by atoms with E-state index in [0.29, 0.717) is 43.4 Å². The molecule has 0 bridgehead atoms. The van der Waals surface area contributed by atoms with Crippen LogP contribution in [0.1, 0.15) is 65.9 Å². The molecule has 3 rings (SSSR count). The number of rotatable bonds is 12. The molecule has 1 atom stereocenters. The predicted molar refractivity (Wildman–Crippen MR) is 136 cm³/mol. The molecule has 4 amide bonds. The Morgan fingerprint density at radius 3 is 2.29 bits per heavy atom. The zero-order valence-electron chi connectivity index (χ0n) is 20.1. The van der Waals surface area contributed by atoms with Crippen LogP contribution in [0.2, 0.25) is 0 Å². The smallest absolute Gasteiger partial charge is 0.261 e. The lowest BCUT2D eigenvalue weighted by Gasteiger charge is -2.30. The monoisotopic (exact) mass is 496 g/mol. The molecule has 2 aromatic rings. The minimum atomic E-state index is -1.34. The van der Waals surface area contributed by atoms with Gasteiger partial charge in [0, 0.05) is 37.8 Å². The first-order valence-electron chi connectivity index (χ1n) is 11.9. The van der Waals surface area contributed by atoms with Gasteiger partial charge in [-0.15, -0.1) is 12.6 Å². The van der Waals surface area contributed by atoms with E-state index in [0.717, 1.165) is 5.69 Å². The molecule has 0 saturated carbocycles. The van der Waals surface area contributed by atoms with Crippen molar-refractivity contribution in [1.29, 1.82) is 0 Å². The highest BCUT2D eigenvalue weighted by Gasteiger charge is 2.37. The van der Waals surface area contributed by atoms with Crippen molar-refractivity contribution in [2.45, 2.75) is 50.8 Å². The van der Waals surface area contributed by atoms with Crippen LogP contribution < -0.4 is 10.6 Å². The van der Waals surface area contributed by atoms with Crippen LogP contribution in [0.5, 0.6) is 0 Å². The number of imide groups is 1. The van der Waals surface area contributed by atoms with Gasteiger partial charge in [0.15, 0.2) is 4.87 Å². The zero-order chi connectivity index (χ0) is 25.4. The Bertz CT molecular complexity index is 1040. The first-order chi connectivity index (χ1) is 16.7. The quantitative estimate of drug-likeness (QED) is 0.181. The Kier molecular flexibility index (Phi) is 9.03. The summed E-state index contributed by atoms with van der Waals surface area (Å²) in [4.78, 5) is 54.6. The van der Waals surface area contributed by atoms with Crippen LogP contribution in [-0.4, -0.2) is 51.5 Å². The number of nitrogens with one attached hydrogen (secondary N) is 2. The van der Waals surface area contributed by atoms with E-state index in [9.17, 15) is 19.2 Å². The van der Waals surface area contributed by atoms with Gasteiger partial charge in [0.2, 0.25) is 5.91 Å². The molecular formula is C26H32N4O4S. The fourth-order valence-electron chi connectivity index (χ4n) is 4.08. The van der Waals surface area contributed by atoms with Crippen LogP contribution >= 0.6 is 12.6 Å². The third-order valence-corrected chi connectivity index (χ3v) is 6.23. The number of carbonyl (C=O) groups excluding carboxylic acids is 4. The van der Waals surface area contributed by atoms with Crippen molar-refractivity contribution in [3.8, 4) is 0 Å². The van der Waals surface area contributed by atoms with Gasteiger partial charge in [0.05, 0.1) is 11.1 Å². The second-order valence-corrected chi connectivity index (χ2v) is 9.86. The number of pyridine rings is 1. The number of unbranched alkanes of at least 4 members (excludes halogenated alkanes) is 1. The maximum Gasteiger partial charge on any atom is 0.261 e. The van der Waals surface area contributed by atoms with E-state index in [1.54, 1.807) is 30.5 Å². The van der Waals surface area contributed by atoms with Crippen LogP contribution in [0.15, 0.2) is 48.7 Å². The summed E-state index contributed by atoms with van der Waals surface area (Å²) in [6, 6.07) is 12.4. The van der Waals surface area contributed by atoms with Gasteiger partial charge in [0.1, 0.15) is 0 Å². The number of thiol groups is 1. The third kappa shape index (κ3) is 6.91. The predicted octanol–water partition coefficient (Wildman–Crippen LogP) is 3.00. The lowest BCUT2D eigenvalue weighted by molar-refractivity contribution is -0.130. The number of benzene rings is 1. The molecular weight excluding hydrogens is 464 g/mol. The largest absolute Gasteiger partial charge is 0.353 e. The van der Waals surface area contributed by atoms with Gasteiger partial charge in [0.25, 0.3) is 17.7 Å². The fourth-order valence-corrected chi connectivity index (χ4v) is 4.65. The van der Waals surface area contributed by atoms with E-state index in [2.05, 4.69) is 28.2 Å². The summed E-state index contributed by atoms with van der Waals surface area (Å²) >= 11 is 4.56. The molecule has 1 aromatic heterocycles. The molecule has 9 heteroatoms. The van der Waals surface area contributed by atoms with Crippen LogP contribution in [-0.2, 0) is 16.0 Å². The highest BCUT2D eigenvalue weighted by atomic mass is 32.1. The van der Waals surface area contributed by atoms with E-state index in [1.807, 2.05) is 32.0 Å². The Hall–Kier alpha value is -3.20. The minimum Gasteiger partial charge on any atom is -0.353 e. The van der Waals surface area contributed by atoms with E-state index < -0.39 is 4.87 Å².